The highest BCUT2D eigenvalue weighted by Gasteiger charge is 2.45. The van der Waals surface area contributed by atoms with Crippen LogP contribution >= 0.6 is 0 Å². The van der Waals surface area contributed by atoms with Gasteiger partial charge in [-0.15, -0.1) is 0 Å². The van der Waals surface area contributed by atoms with Crippen molar-refractivity contribution in [2.45, 2.75) is 56.3 Å². The quantitative estimate of drug-likeness (QED) is 0.485. The van der Waals surface area contributed by atoms with E-state index in [0.717, 1.165) is 25.7 Å². The highest BCUT2D eigenvalue weighted by Crippen LogP contribution is 2.36. The van der Waals surface area contributed by atoms with Crippen LogP contribution in [0.25, 0.3) is 11.2 Å². The highest BCUT2D eigenvalue weighted by molar-refractivity contribution is 5.84. The van der Waals surface area contributed by atoms with Crippen LogP contribution in [0.5, 0.6) is 0 Å². The highest BCUT2D eigenvalue weighted by atomic mass is 16.6. The molecule has 3 heterocycles. The summed E-state index contributed by atoms with van der Waals surface area (Å²) < 4.78 is 7.26. The lowest BCUT2D eigenvalue weighted by atomic mass is 10.1. The van der Waals surface area contributed by atoms with E-state index in [1.807, 2.05) is 0 Å². The van der Waals surface area contributed by atoms with Crippen LogP contribution in [0.4, 0.5) is 11.8 Å². The van der Waals surface area contributed by atoms with Crippen LogP contribution in [0.3, 0.4) is 0 Å². The second kappa shape index (κ2) is 6.37. The van der Waals surface area contributed by atoms with E-state index >= 15 is 0 Å². The number of aliphatic hydroxyl groups excluding tert-OH is 3. The minimum atomic E-state index is -1.23. The van der Waals surface area contributed by atoms with Crippen molar-refractivity contribution < 1.29 is 20.1 Å². The summed E-state index contributed by atoms with van der Waals surface area (Å²) in [4.78, 5) is 12.7. The normalized spacial score (nSPS) is 30.4. The van der Waals surface area contributed by atoms with Gasteiger partial charge in [0.25, 0.3) is 0 Å². The molecular weight excluding hydrogens is 328 g/mol. The van der Waals surface area contributed by atoms with Crippen molar-refractivity contribution in [3.63, 3.8) is 0 Å². The van der Waals surface area contributed by atoms with Gasteiger partial charge in [-0.1, -0.05) is 12.8 Å². The summed E-state index contributed by atoms with van der Waals surface area (Å²) in [6, 6.07) is 0.266. The van der Waals surface area contributed by atoms with Crippen LogP contribution in [0.15, 0.2) is 6.33 Å². The molecule has 1 aliphatic heterocycles. The number of nitrogens with two attached hydrogens (primary N) is 1. The van der Waals surface area contributed by atoms with E-state index < -0.39 is 31.1 Å². The zero-order valence-electron chi connectivity index (χ0n) is 13.6. The van der Waals surface area contributed by atoms with E-state index in [1.54, 1.807) is 4.57 Å². The van der Waals surface area contributed by atoms with Crippen molar-refractivity contribution in [1.29, 1.82) is 0 Å². The largest absolute Gasteiger partial charge is 0.394 e. The van der Waals surface area contributed by atoms with Gasteiger partial charge in [-0.2, -0.15) is 0 Å². The summed E-state index contributed by atoms with van der Waals surface area (Å²) in [6.07, 6.45) is 1.42. The first-order chi connectivity index (χ1) is 12.1. The number of nitrogens with zero attached hydrogens (tertiary/aromatic N) is 4. The fraction of sp³-hybridized carbons (Fsp3) is 0.667. The number of aliphatic hydroxyl groups is 3. The molecule has 1 saturated carbocycles. The Morgan fingerprint density at radius 1 is 1.24 bits per heavy atom. The molecule has 0 bridgehead atoms. The molecule has 1 aliphatic carbocycles. The van der Waals surface area contributed by atoms with Crippen LogP contribution < -0.4 is 11.1 Å². The predicted octanol–water partition coefficient (Wildman–Crippen LogP) is -0.626. The Balaban J connectivity index is 1.78. The number of fused-ring (bicyclic) bond motifs is 1. The van der Waals surface area contributed by atoms with Gasteiger partial charge in [-0.25, -0.2) is 15.0 Å². The first kappa shape index (κ1) is 16.5. The van der Waals surface area contributed by atoms with Gasteiger partial charge in [-0.05, 0) is 12.8 Å². The topological polar surface area (TPSA) is 152 Å². The van der Waals surface area contributed by atoms with Crippen molar-refractivity contribution in [3.05, 3.63) is 6.33 Å². The molecule has 6 N–H and O–H groups in total. The average Bonchev–Trinajstić information content (AvgIpc) is 3.30. The number of imidazole rings is 1. The Labute approximate surface area is 143 Å². The van der Waals surface area contributed by atoms with Crippen molar-refractivity contribution >= 4 is 22.9 Å². The van der Waals surface area contributed by atoms with E-state index in [2.05, 4.69) is 20.3 Å². The maximum atomic E-state index is 10.4. The molecule has 0 spiro atoms. The molecule has 1 saturated heterocycles. The maximum Gasteiger partial charge on any atom is 0.207 e. The van der Waals surface area contributed by atoms with Gasteiger partial charge in [0, 0.05) is 6.04 Å². The summed E-state index contributed by atoms with van der Waals surface area (Å²) in [7, 11) is 0. The van der Waals surface area contributed by atoms with Crippen LogP contribution in [-0.2, 0) is 4.74 Å². The molecule has 10 heteroatoms. The molecule has 4 atom stereocenters. The lowest BCUT2D eigenvalue weighted by molar-refractivity contribution is -0.0501. The molecule has 2 aromatic rings. The minimum Gasteiger partial charge on any atom is -0.394 e. The molecule has 4 rings (SSSR count). The lowest BCUT2D eigenvalue weighted by Gasteiger charge is -2.21. The van der Waals surface area contributed by atoms with E-state index in [4.69, 9.17) is 10.5 Å². The Morgan fingerprint density at radius 2 is 2.00 bits per heavy atom. The number of rotatable bonds is 4. The van der Waals surface area contributed by atoms with Crippen LogP contribution in [-0.4, -0.2) is 65.8 Å². The minimum absolute atomic E-state index is 0.227. The van der Waals surface area contributed by atoms with E-state index in [0.29, 0.717) is 17.1 Å². The van der Waals surface area contributed by atoms with E-state index in [1.165, 1.54) is 6.33 Å². The van der Waals surface area contributed by atoms with E-state index in [9.17, 15) is 15.3 Å². The lowest BCUT2D eigenvalue weighted by Crippen LogP contribution is -2.33. The number of aromatic nitrogens is 4. The summed E-state index contributed by atoms with van der Waals surface area (Å²) >= 11 is 0. The van der Waals surface area contributed by atoms with Crippen LogP contribution in [0.1, 0.15) is 31.9 Å². The van der Waals surface area contributed by atoms with Crippen molar-refractivity contribution in [2.75, 3.05) is 17.7 Å². The molecule has 25 heavy (non-hydrogen) atoms. The van der Waals surface area contributed by atoms with Gasteiger partial charge in [0.2, 0.25) is 5.95 Å². The second-order valence-electron chi connectivity index (χ2n) is 6.59. The standard InChI is InChI=1S/C15H22N6O4/c16-12-9-13(18-6-17-12)21(14-11(24)10(23)8(5-22)25-14)15(20-9)19-7-3-1-2-4-7/h6-8,10-11,14,22-24H,1-5H2,(H,19,20)(H2,16,17,18). The van der Waals surface area contributed by atoms with Crippen molar-refractivity contribution in [3.8, 4) is 0 Å². The first-order valence-electron chi connectivity index (χ1n) is 8.47. The fourth-order valence-corrected chi connectivity index (χ4v) is 3.62. The van der Waals surface area contributed by atoms with Gasteiger partial charge >= 0.3 is 0 Å². The molecule has 4 unspecified atom stereocenters. The second-order valence-corrected chi connectivity index (χ2v) is 6.59. The third-order valence-corrected chi connectivity index (χ3v) is 4.97. The van der Waals surface area contributed by atoms with Gasteiger partial charge < -0.3 is 31.1 Å². The molecule has 2 aromatic heterocycles. The Morgan fingerprint density at radius 3 is 2.68 bits per heavy atom. The molecule has 0 aromatic carbocycles. The molecular formula is C15H22N6O4. The molecule has 0 radical (unpaired) electrons. The van der Waals surface area contributed by atoms with Gasteiger partial charge in [0.15, 0.2) is 23.2 Å². The molecule has 0 amide bonds. The summed E-state index contributed by atoms with van der Waals surface area (Å²) in [5.74, 6) is 0.689. The van der Waals surface area contributed by atoms with Gasteiger partial charge in [0.1, 0.15) is 24.6 Å². The maximum absolute atomic E-state index is 10.4. The molecule has 136 valence electrons. The number of hydrogen-bond acceptors (Lipinski definition) is 9. The van der Waals surface area contributed by atoms with Crippen LogP contribution in [0, 0.1) is 0 Å². The summed E-state index contributed by atoms with van der Waals surface area (Å²) in [6.45, 7) is -0.399. The smallest absolute Gasteiger partial charge is 0.207 e. The predicted molar refractivity (Wildman–Crippen MR) is 88.6 cm³/mol. The summed E-state index contributed by atoms with van der Waals surface area (Å²) in [5.41, 5.74) is 6.72. The number of ether oxygens (including phenoxy) is 1. The zero-order chi connectivity index (χ0) is 17.6. The SMILES string of the molecule is Nc1ncnc2c1nc(NC1CCCC1)n2C1OC(CO)C(O)C1O. The molecule has 10 nitrogen and oxygen atoms in total. The Hall–Kier alpha value is -2.01. The first-order valence-corrected chi connectivity index (χ1v) is 8.47. The number of hydrogen-bond donors (Lipinski definition) is 5. The number of anilines is 2. The monoisotopic (exact) mass is 350 g/mol. The van der Waals surface area contributed by atoms with E-state index in [-0.39, 0.29) is 11.9 Å². The summed E-state index contributed by atoms with van der Waals surface area (Å²) in [5, 5.41) is 33.2. The average molecular weight is 350 g/mol. The number of nitrogen functional groups attached to an aromatic ring is 1. The third kappa shape index (κ3) is 2.71. The van der Waals surface area contributed by atoms with Crippen molar-refractivity contribution in [1.82, 2.24) is 19.5 Å². The Kier molecular flexibility index (Phi) is 4.20. The third-order valence-electron chi connectivity index (χ3n) is 4.97. The van der Waals surface area contributed by atoms with Gasteiger partial charge in [0.05, 0.1) is 6.61 Å². The zero-order valence-corrected chi connectivity index (χ0v) is 13.6. The molecule has 2 fully saturated rings. The van der Waals surface area contributed by atoms with Crippen LogP contribution in [0.2, 0.25) is 0 Å². The molecule has 2 aliphatic rings. The Bertz CT molecular complexity index is 762. The fourth-order valence-electron chi connectivity index (χ4n) is 3.62. The van der Waals surface area contributed by atoms with Gasteiger partial charge in [-0.3, -0.25) is 4.57 Å². The van der Waals surface area contributed by atoms with Crippen molar-refractivity contribution in [2.24, 2.45) is 0 Å². The number of nitrogens with one attached hydrogen (secondary N) is 1.